The molecule has 3 fully saturated rings. The third kappa shape index (κ3) is 4.76. The molecule has 11 heteroatoms. The van der Waals surface area contributed by atoms with Crippen LogP contribution in [0.3, 0.4) is 0 Å². The molecule has 1 aromatic carbocycles. The Bertz CT molecular complexity index is 2000. The first-order chi connectivity index (χ1) is 23.7. The highest BCUT2D eigenvalue weighted by Gasteiger charge is 2.74. The first kappa shape index (κ1) is 34.5. The van der Waals surface area contributed by atoms with Gasteiger partial charge in [0.05, 0.1) is 11.7 Å². The molecule has 3 aromatic rings. The molecule has 2 aromatic heterocycles. The van der Waals surface area contributed by atoms with Crippen LogP contribution < -0.4 is 0 Å². The summed E-state index contributed by atoms with van der Waals surface area (Å²) in [6.45, 7) is 4.50. The Kier molecular flexibility index (Phi) is 8.11. The largest absolute Gasteiger partial charge is 0.393 e. The van der Waals surface area contributed by atoms with E-state index in [0.29, 0.717) is 50.5 Å². The number of allylic oxidation sites excluding steroid dienone is 4. The Balaban J connectivity index is 1.22. The maximum Gasteiger partial charge on any atom is 0.252 e. The van der Waals surface area contributed by atoms with E-state index < -0.39 is 49.6 Å². The number of carbonyl (C=O) groups excluding carboxylic acids is 1. The standard InChI is InChI=1S/C39H43F2NO5S3/c1-35-13-9-26(43)22-37(35)16-17-39(28(23-37)34(44)25-7-8-29(40)30(41)21-25)31(35)10-14-36(2)32(39)11-15-38(36,45)24-42(18-12-27-5-3-19-48-27)50(46,47)33-6-4-20-49-33/h3-8,16-17,19-21,23,26,31-32,43,45H,9-15,18,22,24H2,1-2H3/t26?,31-,32-,35-,36+,37+,38-,39-/m1/s1. The fraction of sp³-hybridized carbons (Fsp3) is 0.513. The molecule has 50 heavy (non-hydrogen) atoms. The second kappa shape index (κ2) is 11.7. The summed E-state index contributed by atoms with van der Waals surface area (Å²) in [5, 5.41) is 27.6. The highest BCUT2D eigenvalue weighted by Crippen LogP contribution is 2.78. The highest BCUT2D eigenvalue weighted by atomic mass is 32.2. The van der Waals surface area contributed by atoms with Gasteiger partial charge in [-0.1, -0.05) is 44.2 Å². The van der Waals surface area contributed by atoms with Crippen molar-refractivity contribution >= 4 is 38.5 Å². The summed E-state index contributed by atoms with van der Waals surface area (Å²) < 4.78 is 58.6. The van der Waals surface area contributed by atoms with E-state index in [1.165, 1.54) is 21.7 Å². The Hall–Kier alpha value is -2.54. The number of Topliss-reactive ketones (excluding diaryl/α,β-unsaturated/α-hetero) is 1. The van der Waals surface area contributed by atoms with Crippen molar-refractivity contribution < 1.29 is 32.2 Å². The topological polar surface area (TPSA) is 94.9 Å². The number of rotatable bonds is 9. The first-order valence-corrected chi connectivity index (χ1v) is 20.8. The van der Waals surface area contributed by atoms with Gasteiger partial charge in [-0.3, -0.25) is 4.79 Å². The Morgan fingerprint density at radius 3 is 2.38 bits per heavy atom. The number of nitrogens with zero attached hydrogens (tertiary/aromatic N) is 1. The van der Waals surface area contributed by atoms with Crippen molar-refractivity contribution in [1.82, 2.24) is 4.31 Å². The second-order valence-electron chi connectivity index (χ2n) is 15.9. The van der Waals surface area contributed by atoms with E-state index in [1.807, 2.05) is 23.6 Å². The predicted molar refractivity (Wildman–Crippen MR) is 190 cm³/mol. The van der Waals surface area contributed by atoms with Crippen LogP contribution in [0, 0.1) is 45.1 Å². The van der Waals surface area contributed by atoms with Crippen molar-refractivity contribution in [1.29, 1.82) is 0 Å². The first-order valence-electron chi connectivity index (χ1n) is 17.6. The zero-order valence-corrected chi connectivity index (χ0v) is 30.7. The number of benzene rings is 1. The van der Waals surface area contributed by atoms with Gasteiger partial charge in [0.1, 0.15) is 4.21 Å². The molecular weight excluding hydrogens is 697 g/mol. The van der Waals surface area contributed by atoms with Gasteiger partial charge in [0.15, 0.2) is 17.4 Å². The lowest BCUT2D eigenvalue weighted by Crippen LogP contribution is -2.67. The molecule has 9 rings (SSSR count). The number of aliphatic hydroxyl groups is 2. The summed E-state index contributed by atoms with van der Waals surface area (Å²) >= 11 is 2.74. The minimum atomic E-state index is -3.91. The molecule has 2 N–H and O–H groups in total. The smallest absolute Gasteiger partial charge is 0.252 e. The van der Waals surface area contributed by atoms with Gasteiger partial charge >= 0.3 is 0 Å². The van der Waals surface area contributed by atoms with E-state index in [2.05, 4.69) is 26.0 Å². The van der Waals surface area contributed by atoms with Gasteiger partial charge in [-0.15, -0.1) is 22.7 Å². The molecule has 0 saturated heterocycles. The lowest BCUT2D eigenvalue weighted by Gasteiger charge is -2.71. The van der Waals surface area contributed by atoms with Crippen LogP contribution in [-0.2, 0) is 16.4 Å². The zero-order valence-electron chi connectivity index (χ0n) is 28.3. The van der Waals surface area contributed by atoms with E-state index >= 15 is 0 Å². The molecular formula is C39H43F2NO5S3. The van der Waals surface area contributed by atoms with Gasteiger partial charge in [-0.05, 0) is 110 Å². The molecule has 8 atom stereocenters. The molecule has 2 spiro atoms. The van der Waals surface area contributed by atoms with Crippen LogP contribution in [0.5, 0.6) is 0 Å². The SMILES string of the molecule is C[C@]12CC[C@H]3[C@]4(C=C[C@@]5(C=C4C(=O)c4ccc(F)c(F)c4)CC(O)CC[C@]35C)[C@@H]1CC[C@@]2(O)CN(CCc1cccs1)S(=O)(=O)c1cccs1. The number of hydrogen-bond acceptors (Lipinski definition) is 7. The van der Waals surface area contributed by atoms with Crippen LogP contribution in [0.2, 0.25) is 0 Å². The maximum absolute atomic E-state index is 14.7. The Morgan fingerprint density at radius 2 is 1.66 bits per heavy atom. The number of ketones is 1. The number of aliphatic hydroxyl groups excluding tert-OH is 1. The normalized spacial score (nSPS) is 37.3. The fourth-order valence-electron chi connectivity index (χ4n) is 11.2. The fourth-order valence-corrected chi connectivity index (χ4v) is 14.5. The molecule has 266 valence electrons. The van der Waals surface area contributed by atoms with Crippen LogP contribution in [0.1, 0.15) is 74.0 Å². The van der Waals surface area contributed by atoms with Gasteiger partial charge in [-0.2, -0.15) is 4.31 Å². The third-order valence-electron chi connectivity index (χ3n) is 13.9. The quantitative estimate of drug-likeness (QED) is 0.173. The number of hydrogen-bond donors (Lipinski definition) is 2. The summed E-state index contributed by atoms with van der Waals surface area (Å²) in [7, 11) is -3.91. The van der Waals surface area contributed by atoms with E-state index in [0.717, 1.165) is 23.4 Å². The Labute approximate surface area is 300 Å². The van der Waals surface area contributed by atoms with Crippen LogP contribution in [0.4, 0.5) is 8.78 Å². The van der Waals surface area contributed by atoms with Crippen molar-refractivity contribution in [3.05, 3.63) is 99.1 Å². The number of sulfonamides is 1. The molecule has 0 amide bonds. The van der Waals surface area contributed by atoms with Crippen LogP contribution in [0.25, 0.3) is 0 Å². The maximum atomic E-state index is 14.7. The van der Waals surface area contributed by atoms with E-state index in [1.54, 1.807) is 28.8 Å². The van der Waals surface area contributed by atoms with Crippen LogP contribution >= 0.6 is 22.7 Å². The van der Waals surface area contributed by atoms with Gasteiger partial charge in [-0.25, -0.2) is 17.2 Å². The third-order valence-corrected chi connectivity index (χ3v) is 18.0. The average Bonchev–Trinajstić information content (AvgIpc) is 3.86. The molecule has 2 heterocycles. The molecule has 6 aliphatic carbocycles. The van der Waals surface area contributed by atoms with Gasteiger partial charge in [0.25, 0.3) is 10.0 Å². The summed E-state index contributed by atoms with van der Waals surface area (Å²) in [6, 6.07) is 10.6. The second-order valence-corrected chi connectivity index (χ2v) is 20.0. The number of halogens is 2. The number of carbonyl (C=O) groups is 1. The summed E-state index contributed by atoms with van der Waals surface area (Å²) in [6.07, 6.45) is 10.6. The summed E-state index contributed by atoms with van der Waals surface area (Å²) in [5.74, 6) is -2.69. The molecule has 6 nitrogen and oxygen atoms in total. The molecule has 3 saturated carbocycles. The molecule has 0 radical (unpaired) electrons. The van der Waals surface area contributed by atoms with Crippen LogP contribution in [-0.4, -0.2) is 53.5 Å². The van der Waals surface area contributed by atoms with Crippen molar-refractivity contribution in [2.24, 2.45) is 33.5 Å². The zero-order chi connectivity index (χ0) is 35.3. The van der Waals surface area contributed by atoms with Crippen molar-refractivity contribution in [3.8, 4) is 0 Å². The van der Waals surface area contributed by atoms with Gasteiger partial charge < -0.3 is 10.2 Å². The van der Waals surface area contributed by atoms with Crippen molar-refractivity contribution in [2.75, 3.05) is 13.1 Å². The van der Waals surface area contributed by atoms with E-state index in [9.17, 15) is 32.2 Å². The van der Waals surface area contributed by atoms with Gasteiger partial charge in [0.2, 0.25) is 0 Å². The Morgan fingerprint density at radius 1 is 0.940 bits per heavy atom. The monoisotopic (exact) mass is 739 g/mol. The molecule has 1 unspecified atom stereocenters. The number of fused-ring (bicyclic) bond motifs is 1. The number of thiophene rings is 2. The van der Waals surface area contributed by atoms with Crippen LogP contribution in [0.15, 0.2) is 81.2 Å². The molecule has 0 aliphatic heterocycles. The summed E-state index contributed by atoms with van der Waals surface area (Å²) in [5.41, 5.74) is -3.21. The van der Waals surface area contributed by atoms with Crippen molar-refractivity contribution in [2.45, 2.75) is 81.1 Å². The van der Waals surface area contributed by atoms with Gasteiger partial charge in [0, 0.05) is 45.3 Å². The summed E-state index contributed by atoms with van der Waals surface area (Å²) in [4.78, 5) is 15.7. The lowest BCUT2D eigenvalue weighted by atomic mass is 9.32. The average molecular weight is 740 g/mol. The molecule has 2 bridgehead atoms. The van der Waals surface area contributed by atoms with E-state index in [4.69, 9.17) is 0 Å². The van der Waals surface area contributed by atoms with E-state index in [-0.39, 0.29) is 45.9 Å². The minimum absolute atomic E-state index is 0.00644. The molecule has 6 aliphatic rings. The van der Waals surface area contributed by atoms with Crippen molar-refractivity contribution in [3.63, 3.8) is 0 Å². The minimum Gasteiger partial charge on any atom is -0.393 e. The lowest BCUT2D eigenvalue weighted by molar-refractivity contribution is -0.173. The predicted octanol–water partition coefficient (Wildman–Crippen LogP) is 7.80. The highest BCUT2D eigenvalue weighted by molar-refractivity contribution is 7.91.